The van der Waals surface area contributed by atoms with Crippen LogP contribution in [0, 0.1) is 27.7 Å². The Morgan fingerprint density at radius 2 is 0.806 bits per heavy atom. The van der Waals surface area contributed by atoms with Crippen LogP contribution < -0.4 is 0 Å². The number of furan rings is 1. The van der Waals surface area contributed by atoms with Crippen molar-refractivity contribution in [1.29, 1.82) is 0 Å². The first-order valence-electron chi connectivity index (χ1n) is 22.9. The molecule has 0 spiro atoms. The van der Waals surface area contributed by atoms with Crippen molar-refractivity contribution < 1.29 is 4.42 Å². The first kappa shape index (κ1) is 38.9. The number of pyridine rings is 1. The monoisotopic (exact) mass is 858 g/mol. The number of rotatable bonds is 5. The van der Waals surface area contributed by atoms with Crippen LogP contribution in [0.1, 0.15) is 22.3 Å². The van der Waals surface area contributed by atoms with E-state index in [1.807, 2.05) is 6.07 Å². The van der Waals surface area contributed by atoms with Crippen molar-refractivity contribution in [1.82, 2.24) is 19.9 Å². The smallest absolute Gasteiger partial charge is 0.164 e. The largest absolute Gasteiger partial charge is 0.456 e. The molecule has 0 unspecified atom stereocenters. The molecule has 0 saturated carbocycles. The van der Waals surface area contributed by atoms with E-state index in [1.165, 1.54) is 32.3 Å². The van der Waals surface area contributed by atoms with Crippen LogP contribution in [0.15, 0.2) is 186 Å². The number of hydrogen-bond donors (Lipinski definition) is 0. The molecule has 0 aliphatic heterocycles. The summed E-state index contributed by atoms with van der Waals surface area (Å²) >= 11 is 0. The van der Waals surface area contributed by atoms with Crippen LogP contribution in [0.2, 0.25) is 0 Å². The van der Waals surface area contributed by atoms with Gasteiger partial charge in [-0.05, 0) is 120 Å². The number of para-hydroxylation sites is 2. The molecule has 3 heterocycles. The molecule has 0 amide bonds. The highest BCUT2D eigenvalue weighted by atomic mass is 16.3. The summed E-state index contributed by atoms with van der Waals surface area (Å²) in [4.78, 5) is 21.1. The maximum atomic E-state index is 6.82. The number of aromatic nitrogens is 4. The van der Waals surface area contributed by atoms with Crippen molar-refractivity contribution in [3.63, 3.8) is 0 Å². The van der Waals surface area contributed by atoms with E-state index >= 15 is 0 Å². The van der Waals surface area contributed by atoms with Gasteiger partial charge in [0.25, 0.3) is 0 Å². The van der Waals surface area contributed by atoms with Gasteiger partial charge < -0.3 is 4.42 Å². The molecule has 67 heavy (non-hydrogen) atoms. The Kier molecular flexibility index (Phi) is 8.71. The van der Waals surface area contributed by atoms with Crippen molar-refractivity contribution in [2.75, 3.05) is 0 Å². The van der Waals surface area contributed by atoms with Crippen molar-refractivity contribution in [3.8, 4) is 56.5 Å². The molecular formula is C62H42N4O. The Morgan fingerprint density at radius 3 is 1.43 bits per heavy atom. The molecule has 0 bridgehead atoms. The van der Waals surface area contributed by atoms with Crippen LogP contribution in [0.3, 0.4) is 0 Å². The van der Waals surface area contributed by atoms with Crippen LogP contribution in [0.4, 0.5) is 0 Å². The number of benzene rings is 10. The first-order chi connectivity index (χ1) is 32.8. The highest BCUT2D eigenvalue weighted by Gasteiger charge is 2.23. The van der Waals surface area contributed by atoms with Gasteiger partial charge in [-0.2, -0.15) is 0 Å². The molecule has 0 aliphatic carbocycles. The average molecular weight is 859 g/mol. The minimum Gasteiger partial charge on any atom is -0.456 e. The van der Waals surface area contributed by atoms with Crippen LogP contribution >= 0.6 is 0 Å². The lowest BCUT2D eigenvalue weighted by Gasteiger charge is -2.17. The molecule has 0 aliphatic rings. The minimum absolute atomic E-state index is 0.608. The van der Waals surface area contributed by atoms with E-state index in [0.29, 0.717) is 17.5 Å². The van der Waals surface area contributed by atoms with E-state index in [2.05, 4.69) is 204 Å². The van der Waals surface area contributed by atoms with Crippen LogP contribution in [-0.2, 0) is 0 Å². The lowest BCUT2D eigenvalue weighted by Crippen LogP contribution is -2.01. The van der Waals surface area contributed by atoms with Gasteiger partial charge in [0.1, 0.15) is 11.2 Å². The second-order valence-corrected chi connectivity index (χ2v) is 18.1. The van der Waals surface area contributed by atoms with E-state index in [-0.39, 0.29) is 0 Å². The highest BCUT2D eigenvalue weighted by molar-refractivity contribution is 6.29. The molecule has 13 rings (SSSR count). The van der Waals surface area contributed by atoms with E-state index in [9.17, 15) is 0 Å². The van der Waals surface area contributed by atoms with Gasteiger partial charge >= 0.3 is 0 Å². The molecule has 316 valence electrons. The number of fused-ring (bicyclic) bond motifs is 12. The number of aryl methyl sites for hydroxylation is 4. The molecule has 3 aromatic heterocycles. The van der Waals surface area contributed by atoms with Gasteiger partial charge in [-0.15, -0.1) is 0 Å². The van der Waals surface area contributed by atoms with Gasteiger partial charge in [0.15, 0.2) is 17.5 Å². The Balaban J connectivity index is 1.10. The van der Waals surface area contributed by atoms with Gasteiger partial charge in [-0.3, -0.25) is 0 Å². The normalized spacial score (nSPS) is 11.9. The molecule has 5 nitrogen and oxygen atoms in total. The molecule has 10 aromatic carbocycles. The maximum Gasteiger partial charge on any atom is 0.164 e. The first-order valence-corrected chi connectivity index (χ1v) is 22.9. The van der Waals surface area contributed by atoms with E-state index < -0.39 is 0 Å². The molecule has 13 aromatic rings. The van der Waals surface area contributed by atoms with Gasteiger partial charge in [-0.1, -0.05) is 150 Å². The Morgan fingerprint density at radius 1 is 0.299 bits per heavy atom. The number of nitrogens with zero attached hydrogens (tertiary/aromatic N) is 4. The SMILES string of the molecule is Cc1cc(C)cc(-c2nc(-c3cc(C)cc(C)c3)nc(-c3cccc(-c4c5c(cc6c(-c7ccc8c9ccccc9c9ccccc9c8c7)nc7ccccc7c46)oc4ccccc45)c3)n2)c1. The van der Waals surface area contributed by atoms with E-state index in [4.69, 9.17) is 24.4 Å². The summed E-state index contributed by atoms with van der Waals surface area (Å²) in [6.07, 6.45) is 0. The third-order valence-electron chi connectivity index (χ3n) is 13.4. The third-order valence-corrected chi connectivity index (χ3v) is 13.4. The summed E-state index contributed by atoms with van der Waals surface area (Å²) in [6.45, 7) is 8.47. The molecule has 0 N–H and O–H groups in total. The quantitative estimate of drug-likeness (QED) is 0.161. The summed E-state index contributed by atoms with van der Waals surface area (Å²) in [5.74, 6) is 1.89. The van der Waals surface area contributed by atoms with Crippen molar-refractivity contribution in [2.45, 2.75) is 27.7 Å². The molecule has 0 atom stereocenters. The van der Waals surface area contributed by atoms with Crippen molar-refractivity contribution in [3.05, 3.63) is 204 Å². The second-order valence-electron chi connectivity index (χ2n) is 18.1. The molecule has 0 fully saturated rings. The van der Waals surface area contributed by atoms with Crippen molar-refractivity contribution >= 4 is 75.9 Å². The van der Waals surface area contributed by atoms with E-state index in [0.717, 1.165) is 105 Å². The summed E-state index contributed by atoms with van der Waals surface area (Å²) in [6, 6.07) is 65.1. The zero-order valence-corrected chi connectivity index (χ0v) is 37.5. The third kappa shape index (κ3) is 6.38. The Hall–Kier alpha value is -8.54. The fraction of sp³-hybridized carbons (Fsp3) is 0.0645. The summed E-state index contributed by atoms with van der Waals surface area (Å²) in [5, 5.41) is 12.7. The summed E-state index contributed by atoms with van der Waals surface area (Å²) in [7, 11) is 0. The van der Waals surface area contributed by atoms with Gasteiger partial charge in [0.05, 0.1) is 11.2 Å². The van der Waals surface area contributed by atoms with Crippen molar-refractivity contribution in [2.24, 2.45) is 0 Å². The van der Waals surface area contributed by atoms with Crippen LogP contribution in [0.25, 0.3) is 132 Å². The van der Waals surface area contributed by atoms with Gasteiger partial charge in [-0.25, -0.2) is 19.9 Å². The number of hydrogen-bond acceptors (Lipinski definition) is 5. The molecule has 0 radical (unpaired) electrons. The molecule has 5 heteroatoms. The van der Waals surface area contributed by atoms with Gasteiger partial charge in [0, 0.05) is 54.7 Å². The summed E-state index contributed by atoms with van der Waals surface area (Å²) in [5.41, 5.74) is 14.1. The predicted octanol–water partition coefficient (Wildman–Crippen LogP) is 16.5. The summed E-state index contributed by atoms with van der Waals surface area (Å²) < 4.78 is 6.82. The topological polar surface area (TPSA) is 64.7 Å². The maximum absolute atomic E-state index is 6.82. The fourth-order valence-electron chi connectivity index (χ4n) is 10.7. The van der Waals surface area contributed by atoms with Crippen LogP contribution in [0.5, 0.6) is 0 Å². The Labute approximate surface area is 387 Å². The zero-order valence-electron chi connectivity index (χ0n) is 37.5. The Bertz CT molecular complexity index is 4080. The van der Waals surface area contributed by atoms with E-state index in [1.54, 1.807) is 0 Å². The van der Waals surface area contributed by atoms with Crippen LogP contribution in [-0.4, -0.2) is 19.9 Å². The predicted molar refractivity (Wildman–Crippen MR) is 279 cm³/mol. The second kappa shape index (κ2) is 15.0. The molecule has 0 saturated heterocycles. The average Bonchev–Trinajstić information content (AvgIpc) is 3.73. The highest BCUT2D eigenvalue weighted by Crippen LogP contribution is 2.47. The standard InChI is InChI=1S/C62H42N4O/c1-35-26-36(2)29-42(28-35)61-64-60(65-62(66-61)43-30-37(3)27-38(4)31-43)41-15-13-14-39(32-41)56-57-49-20-9-11-22-53(49)63-59(52(57)34-55-58(56)50-21-10-12-23-54(50)67-55)40-24-25-48-46-18-6-5-16-44(46)45-17-7-8-19-47(45)51(48)33-40/h5-34H,1-4H3. The lowest BCUT2D eigenvalue weighted by molar-refractivity contribution is 0.669. The van der Waals surface area contributed by atoms with Gasteiger partial charge in [0.2, 0.25) is 0 Å². The minimum atomic E-state index is 0.608. The fourth-order valence-corrected chi connectivity index (χ4v) is 10.7. The lowest BCUT2D eigenvalue weighted by atomic mass is 9.88. The zero-order chi connectivity index (χ0) is 44.9. The molecular weight excluding hydrogens is 817 g/mol.